The minimum Gasteiger partial charge on any atom is -0.459 e. The van der Waals surface area contributed by atoms with Crippen molar-refractivity contribution in [2.45, 2.75) is 140 Å². The first-order chi connectivity index (χ1) is 22.9. The van der Waals surface area contributed by atoms with Crippen LogP contribution < -0.4 is 9.64 Å². The molecule has 7 rings (SSSR count). The maximum Gasteiger partial charge on any atom is 0.410 e. The largest absolute Gasteiger partial charge is 0.459 e. The highest BCUT2D eigenvalue weighted by Gasteiger charge is 2.61. The molecular formula is C36H54N6O6. The van der Waals surface area contributed by atoms with Gasteiger partial charge in [0.15, 0.2) is 11.5 Å². The fourth-order valence-corrected chi connectivity index (χ4v) is 9.20. The Bertz CT molecular complexity index is 1470. The molecule has 2 aliphatic carbocycles. The van der Waals surface area contributed by atoms with Crippen molar-refractivity contribution in [2.24, 2.45) is 0 Å². The molecule has 0 N–H and O–H groups in total. The number of fused-ring (bicyclic) bond motifs is 3. The lowest BCUT2D eigenvalue weighted by molar-refractivity contribution is -0.235. The van der Waals surface area contributed by atoms with Gasteiger partial charge in [0.2, 0.25) is 0 Å². The Labute approximate surface area is 284 Å². The van der Waals surface area contributed by atoms with E-state index < -0.39 is 11.4 Å². The molecule has 1 saturated carbocycles. The molecule has 5 aliphatic rings. The number of piperazine rings is 1. The average Bonchev–Trinajstić information content (AvgIpc) is 3.78. The molecule has 5 heterocycles. The van der Waals surface area contributed by atoms with Crippen molar-refractivity contribution in [1.82, 2.24) is 24.9 Å². The van der Waals surface area contributed by atoms with Crippen LogP contribution in [0.1, 0.15) is 104 Å². The molecule has 3 aliphatic heterocycles. The third-order valence-corrected chi connectivity index (χ3v) is 11.3. The summed E-state index contributed by atoms with van der Waals surface area (Å²) in [5.74, 6) is 1.01. The number of anilines is 1. The predicted octanol–water partition coefficient (Wildman–Crippen LogP) is 5.72. The zero-order valence-corrected chi connectivity index (χ0v) is 29.9. The summed E-state index contributed by atoms with van der Waals surface area (Å²) < 4.78 is 31.5. The van der Waals surface area contributed by atoms with E-state index in [4.69, 9.17) is 38.6 Å². The van der Waals surface area contributed by atoms with E-state index in [-0.39, 0.29) is 29.7 Å². The minimum atomic E-state index is -0.648. The minimum absolute atomic E-state index is 0.0873. The molecule has 12 heteroatoms. The summed E-state index contributed by atoms with van der Waals surface area (Å²) in [6, 6.07) is 2.47. The molecule has 4 fully saturated rings. The number of hydrogen-bond acceptors (Lipinski definition) is 11. The van der Waals surface area contributed by atoms with Gasteiger partial charge in [-0.2, -0.15) is 9.97 Å². The van der Waals surface area contributed by atoms with E-state index >= 15 is 0 Å². The highest BCUT2D eigenvalue weighted by molar-refractivity contribution is 5.70. The molecule has 0 unspecified atom stereocenters. The number of carbonyl (C=O) groups is 1. The van der Waals surface area contributed by atoms with Crippen LogP contribution >= 0.6 is 0 Å². The van der Waals surface area contributed by atoms with Crippen LogP contribution in [-0.2, 0) is 26.0 Å². The maximum atomic E-state index is 13.2. The topological polar surface area (TPSA) is 116 Å². The second-order valence-electron chi connectivity index (χ2n) is 15.8. The second kappa shape index (κ2) is 12.7. The maximum absolute atomic E-state index is 13.2. The molecule has 1 amide bonds. The van der Waals surface area contributed by atoms with Crippen LogP contribution in [0.2, 0.25) is 0 Å². The Hall–Kier alpha value is -2.96. The van der Waals surface area contributed by atoms with E-state index in [1.807, 2.05) is 31.7 Å². The molecule has 48 heavy (non-hydrogen) atoms. The van der Waals surface area contributed by atoms with Gasteiger partial charge in [-0.25, -0.2) is 4.79 Å². The number of rotatable bonds is 5. The summed E-state index contributed by atoms with van der Waals surface area (Å²) in [6.45, 7) is 15.4. The first-order valence-corrected chi connectivity index (χ1v) is 18.2. The number of ether oxygens (including phenoxy) is 4. The summed E-state index contributed by atoms with van der Waals surface area (Å²) in [4.78, 5) is 29.6. The van der Waals surface area contributed by atoms with Gasteiger partial charge in [-0.15, -0.1) is 0 Å². The van der Waals surface area contributed by atoms with Crippen LogP contribution in [0.3, 0.4) is 0 Å². The molecule has 12 nitrogen and oxygen atoms in total. The molecule has 2 aromatic rings. The monoisotopic (exact) mass is 666 g/mol. The third kappa shape index (κ3) is 5.95. The van der Waals surface area contributed by atoms with Crippen molar-refractivity contribution in [3.05, 3.63) is 17.4 Å². The smallest absolute Gasteiger partial charge is 0.410 e. The normalized spacial score (nSPS) is 29.8. The van der Waals surface area contributed by atoms with Gasteiger partial charge < -0.3 is 28.4 Å². The number of carbonyl (C=O) groups excluding carboxylic acids is 1. The van der Waals surface area contributed by atoms with E-state index in [1.165, 1.54) is 0 Å². The van der Waals surface area contributed by atoms with Crippen molar-refractivity contribution >= 4 is 11.9 Å². The fourth-order valence-electron chi connectivity index (χ4n) is 9.20. The van der Waals surface area contributed by atoms with Crippen LogP contribution in [0.4, 0.5) is 10.6 Å². The number of nitrogens with zero attached hydrogens (tertiary/aromatic N) is 6. The van der Waals surface area contributed by atoms with Gasteiger partial charge in [0.25, 0.3) is 0 Å². The zero-order valence-electron chi connectivity index (χ0n) is 29.9. The SMILES string of the molecule is C[C@H](Oc1nc(-c2noc3c2CCC[C@@]32CCCCC23OCCO3)cc(N2C[C@H](C)N(C(=O)OC(C)(C)C)[C@@H](C)C2)n1)[C@@H]1CCCN1C. The second-order valence-corrected chi connectivity index (χ2v) is 15.8. The van der Waals surface area contributed by atoms with Crippen LogP contribution in [0.5, 0.6) is 6.01 Å². The first-order valence-electron chi connectivity index (χ1n) is 18.2. The molecule has 3 saturated heterocycles. The number of amides is 1. The molecule has 0 aromatic carbocycles. The summed E-state index contributed by atoms with van der Waals surface area (Å²) in [6.07, 6.45) is 8.70. The van der Waals surface area contributed by atoms with Crippen molar-refractivity contribution in [3.63, 3.8) is 0 Å². The number of likely N-dealkylation sites (N-methyl/N-ethyl adjacent to an activating group) is 1. The Morgan fingerprint density at radius 1 is 1.02 bits per heavy atom. The fraction of sp³-hybridized carbons (Fsp3) is 0.778. The molecule has 264 valence electrons. The lowest BCUT2D eigenvalue weighted by Crippen LogP contribution is -2.59. The average molecular weight is 667 g/mol. The van der Waals surface area contributed by atoms with Crippen molar-refractivity contribution in [3.8, 4) is 17.4 Å². The van der Waals surface area contributed by atoms with E-state index in [1.54, 1.807) is 0 Å². The third-order valence-electron chi connectivity index (χ3n) is 11.3. The first kappa shape index (κ1) is 33.5. The van der Waals surface area contributed by atoms with Gasteiger partial charge >= 0.3 is 12.1 Å². The van der Waals surface area contributed by atoms with Gasteiger partial charge in [0, 0.05) is 37.2 Å². The highest BCUT2D eigenvalue weighted by atomic mass is 16.7. The molecule has 0 bridgehead atoms. The lowest BCUT2D eigenvalue weighted by Gasteiger charge is -2.50. The van der Waals surface area contributed by atoms with Gasteiger partial charge in [0.05, 0.1) is 30.7 Å². The summed E-state index contributed by atoms with van der Waals surface area (Å²) >= 11 is 0. The van der Waals surface area contributed by atoms with Crippen molar-refractivity contribution < 1.29 is 28.3 Å². The van der Waals surface area contributed by atoms with E-state index in [0.717, 1.165) is 87.2 Å². The van der Waals surface area contributed by atoms with Gasteiger partial charge in [0.1, 0.15) is 28.9 Å². The van der Waals surface area contributed by atoms with Gasteiger partial charge in [-0.1, -0.05) is 11.6 Å². The summed E-state index contributed by atoms with van der Waals surface area (Å²) in [5.41, 5.74) is 1.62. The Balaban J connectivity index is 1.24. The summed E-state index contributed by atoms with van der Waals surface area (Å²) in [7, 11) is 2.15. The highest BCUT2D eigenvalue weighted by Crippen LogP contribution is 2.57. The van der Waals surface area contributed by atoms with Gasteiger partial charge in [-0.3, -0.25) is 9.80 Å². The number of aromatic nitrogens is 3. The van der Waals surface area contributed by atoms with Crippen LogP contribution in [0.25, 0.3) is 11.4 Å². The van der Waals surface area contributed by atoms with Gasteiger partial charge in [-0.05, 0) is 100 Å². The molecule has 5 atom stereocenters. The predicted molar refractivity (Wildman–Crippen MR) is 180 cm³/mol. The quantitative estimate of drug-likeness (QED) is 0.390. The summed E-state index contributed by atoms with van der Waals surface area (Å²) in [5, 5.41) is 4.74. The van der Waals surface area contributed by atoms with Crippen LogP contribution in [0.15, 0.2) is 10.6 Å². The van der Waals surface area contributed by atoms with Crippen LogP contribution in [-0.4, -0.2) is 107 Å². The zero-order chi connectivity index (χ0) is 33.8. The van der Waals surface area contributed by atoms with Crippen molar-refractivity contribution in [2.75, 3.05) is 44.8 Å². The van der Waals surface area contributed by atoms with E-state index in [0.29, 0.717) is 44.0 Å². The number of hydrogen-bond donors (Lipinski definition) is 0. The van der Waals surface area contributed by atoms with Crippen molar-refractivity contribution in [1.29, 1.82) is 0 Å². The van der Waals surface area contributed by atoms with Crippen LogP contribution in [0, 0.1) is 0 Å². The van der Waals surface area contributed by atoms with E-state index in [9.17, 15) is 4.79 Å². The Kier molecular flexibility index (Phi) is 8.90. The molecular weight excluding hydrogens is 612 g/mol. The van der Waals surface area contributed by atoms with E-state index in [2.05, 4.69) is 37.6 Å². The Morgan fingerprint density at radius 2 is 1.73 bits per heavy atom. The molecule has 2 aromatic heterocycles. The molecule has 2 spiro atoms. The molecule has 0 radical (unpaired) electrons. The Morgan fingerprint density at radius 3 is 2.42 bits per heavy atom. The standard InChI is InChI=1S/C36H54N6O6/c1-23-21-41(22-24(2)42(23)33(43)47-34(4,5)6)29-20-27(37-32(38-29)46-25(3)28-13-11-17-40(28)7)30-26-12-10-15-35(31(26)48-39-30)14-8-9-16-36(35)44-18-19-45-36/h20,23-25,28H,8-19,21-22H2,1-7H3/t23-,24-,25-,28-,35-/m0/s1. The lowest BCUT2D eigenvalue weighted by atomic mass is 9.61. The number of likely N-dealkylation sites (tertiary alicyclic amines) is 1.